The van der Waals surface area contributed by atoms with Crippen LogP contribution in [0.4, 0.5) is 14.5 Å². The second-order valence-electron chi connectivity index (χ2n) is 3.41. The minimum Gasteiger partial charge on any atom is -0.479 e. The van der Waals surface area contributed by atoms with Crippen molar-refractivity contribution in [1.82, 2.24) is 0 Å². The van der Waals surface area contributed by atoms with Crippen molar-refractivity contribution in [3.63, 3.8) is 0 Å². The molecule has 0 spiro atoms. The van der Waals surface area contributed by atoms with E-state index in [2.05, 4.69) is 4.74 Å². The van der Waals surface area contributed by atoms with E-state index < -0.39 is 46.2 Å². The third-order valence-corrected chi connectivity index (χ3v) is 2.25. The number of carbonyl (C=O) groups excluding carboxylic acids is 1. The van der Waals surface area contributed by atoms with Gasteiger partial charge in [-0.3, -0.25) is 14.9 Å². The zero-order chi connectivity index (χ0) is 15.4. The molecule has 1 atom stereocenters. The Bertz CT molecular complexity index is 561. The Morgan fingerprint density at radius 1 is 1.45 bits per heavy atom. The van der Waals surface area contributed by atoms with E-state index in [1.807, 2.05) is 0 Å². The molecular weight excluding hydrogens is 284 g/mol. The van der Waals surface area contributed by atoms with Crippen LogP contribution in [0.2, 0.25) is 0 Å². The first-order valence-electron chi connectivity index (χ1n) is 4.91. The van der Waals surface area contributed by atoms with Gasteiger partial charge in [0.05, 0.1) is 4.92 Å². The minimum absolute atomic E-state index is 0.131. The van der Waals surface area contributed by atoms with Crippen LogP contribution >= 0.6 is 0 Å². The number of nitrogens with zero attached hydrogens (tertiary/aromatic N) is 1. The fourth-order valence-corrected chi connectivity index (χ4v) is 1.45. The van der Waals surface area contributed by atoms with E-state index in [-0.39, 0.29) is 6.29 Å². The molecule has 0 aliphatic carbocycles. The number of aliphatic hydroxyl groups excluding tert-OH is 1. The van der Waals surface area contributed by atoms with Gasteiger partial charge in [-0.15, -0.1) is 0 Å². The van der Waals surface area contributed by atoms with Crippen LogP contribution in [0, 0.1) is 10.1 Å². The van der Waals surface area contributed by atoms with Gasteiger partial charge in [-0.2, -0.15) is 8.78 Å². The quantitative estimate of drug-likeness (QED) is 0.456. The van der Waals surface area contributed by atoms with Gasteiger partial charge in [-0.1, -0.05) is 0 Å². The second kappa shape index (κ2) is 6.02. The zero-order valence-electron chi connectivity index (χ0n) is 9.53. The van der Waals surface area contributed by atoms with Gasteiger partial charge in [-0.25, -0.2) is 4.79 Å². The molecule has 0 aliphatic heterocycles. The average molecular weight is 291 g/mol. The van der Waals surface area contributed by atoms with Gasteiger partial charge >= 0.3 is 12.6 Å². The first-order valence-corrected chi connectivity index (χ1v) is 4.91. The number of nitro groups is 1. The number of hydrogen-bond donors (Lipinski definition) is 2. The van der Waals surface area contributed by atoms with Gasteiger partial charge in [0.15, 0.2) is 12.4 Å². The fourth-order valence-electron chi connectivity index (χ4n) is 1.45. The Morgan fingerprint density at radius 3 is 2.45 bits per heavy atom. The lowest BCUT2D eigenvalue weighted by Crippen LogP contribution is -2.15. The lowest BCUT2D eigenvalue weighted by atomic mass is 10.0. The lowest BCUT2D eigenvalue weighted by molar-refractivity contribution is -0.385. The number of carbonyl (C=O) groups is 2. The van der Waals surface area contributed by atoms with Gasteiger partial charge in [0.2, 0.25) is 0 Å². The molecule has 0 saturated heterocycles. The SMILES string of the molecule is O=Cc1c([N+](=O)[O-])ccc(C(O)C(=O)O)c1OC(F)F. The molecule has 1 aromatic carbocycles. The highest BCUT2D eigenvalue weighted by molar-refractivity contribution is 5.88. The number of rotatable bonds is 6. The number of nitro benzene ring substituents is 1. The number of aliphatic hydroxyl groups is 1. The molecule has 8 nitrogen and oxygen atoms in total. The van der Waals surface area contributed by atoms with Crippen molar-refractivity contribution in [2.45, 2.75) is 12.7 Å². The molecule has 0 bridgehead atoms. The van der Waals surface area contributed by atoms with Crippen LogP contribution in [0.25, 0.3) is 0 Å². The molecule has 0 fully saturated rings. The highest BCUT2D eigenvalue weighted by Crippen LogP contribution is 2.35. The summed E-state index contributed by atoms with van der Waals surface area (Å²) in [6, 6.07) is 1.44. The maximum absolute atomic E-state index is 12.3. The van der Waals surface area contributed by atoms with Crippen LogP contribution in [0.3, 0.4) is 0 Å². The first-order chi connectivity index (χ1) is 9.29. The first kappa shape index (κ1) is 15.4. The Morgan fingerprint density at radius 2 is 2.05 bits per heavy atom. The number of aliphatic carboxylic acids is 1. The van der Waals surface area contributed by atoms with Crippen molar-refractivity contribution < 1.29 is 38.2 Å². The van der Waals surface area contributed by atoms with Crippen LogP contribution in [0.1, 0.15) is 22.0 Å². The molecule has 20 heavy (non-hydrogen) atoms. The standard InChI is InChI=1S/C10H7F2NO7/c11-10(12)20-8-4(7(15)9(16)17)1-2-6(13(18)19)5(8)3-14/h1-3,7,10,15H,(H,16,17). The number of halogens is 2. The number of carboxylic acids is 1. The van der Waals surface area contributed by atoms with Crippen molar-refractivity contribution in [2.24, 2.45) is 0 Å². The summed E-state index contributed by atoms with van der Waals surface area (Å²) in [6.45, 7) is -3.46. The largest absolute Gasteiger partial charge is 0.479 e. The summed E-state index contributed by atoms with van der Waals surface area (Å²) in [5, 5.41) is 28.6. The number of aldehydes is 1. The molecule has 0 aliphatic rings. The molecule has 0 aromatic heterocycles. The summed E-state index contributed by atoms with van der Waals surface area (Å²) in [4.78, 5) is 31.1. The monoisotopic (exact) mass is 291 g/mol. The summed E-state index contributed by atoms with van der Waals surface area (Å²) in [5.74, 6) is -2.84. The van der Waals surface area contributed by atoms with E-state index in [1.54, 1.807) is 0 Å². The summed E-state index contributed by atoms with van der Waals surface area (Å²) in [7, 11) is 0. The van der Waals surface area contributed by atoms with Crippen LogP contribution in [-0.4, -0.2) is 34.0 Å². The van der Waals surface area contributed by atoms with E-state index in [0.29, 0.717) is 6.07 Å². The molecule has 1 rings (SSSR count). The number of hydrogen-bond acceptors (Lipinski definition) is 6. The van der Waals surface area contributed by atoms with Crippen LogP contribution in [0.5, 0.6) is 5.75 Å². The van der Waals surface area contributed by atoms with E-state index in [0.717, 1.165) is 6.07 Å². The van der Waals surface area contributed by atoms with Crippen molar-refractivity contribution >= 4 is 17.9 Å². The highest BCUT2D eigenvalue weighted by Gasteiger charge is 2.29. The number of ether oxygens (including phenoxy) is 1. The third-order valence-electron chi connectivity index (χ3n) is 2.25. The van der Waals surface area contributed by atoms with Gasteiger partial charge in [-0.05, 0) is 6.07 Å². The predicted molar refractivity (Wildman–Crippen MR) is 57.7 cm³/mol. The zero-order valence-corrected chi connectivity index (χ0v) is 9.53. The number of alkyl halides is 2. The summed E-state index contributed by atoms with van der Waals surface area (Å²) in [5.41, 5.74) is -2.42. The third kappa shape index (κ3) is 3.03. The normalized spacial score (nSPS) is 12.0. The predicted octanol–water partition coefficient (Wildman–Crippen LogP) is 1.13. The molecule has 0 heterocycles. The molecule has 1 aromatic rings. The molecule has 10 heteroatoms. The van der Waals surface area contributed by atoms with Crippen molar-refractivity contribution in [1.29, 1.82) is 0 Å². The second-order valence-corrected chi connectivity index (χ2v) is 3.41. The van der Waals surface area contributed by atoms with Crippen molar-refractivity contribution in [3.8, 4) is 5.75 Å². The highest BCUT2D eigenvalue weighted by atomic mass is 19.3. The van der Waals surface area contributed by atoms with Gasteiger partial charge in [0, 0.05) is 11.6 Å². The average Bonchev–Trinajstić information content (AvgIpc) is 2.36. The Labute approximate surface area is 109 Å². The summed E-state index contributed by atoms with van der Waals surface area (Å²) in [6.07, 6.45) is -2.41. The smallest absolute Gasteiger partial charge is 0.387 e. The van der Waals surface area contributed by atoms with Gasteiger partial charge in [0.25, 0.3) is 5.69 Å². The van der Waals surface area contributed by atoms with Gasteiger partial charge in [0.1, 0.15) is 11.3 Å². The molecule has 0 amide bonds. The van der Waals surface area contributed by atoms with Crippen molar-refractivity contribution in [3.05, 3.63) is 33.4 Å². The van der Waals surface area contributed by atoms with Crippen LogP contribution in [-0.2, 0) is 4.79 Å². The molecule has 0 saturated carbocycles. The summed E-state index contributed by atoms with van der Waals surface area (Å²) >= 11 is 0. The number of carboxylic acid groups (broad SMARTS) is 1. The molecule has 2 N–H and O–H groups in total. The Kier molecular flexibility index (Phi) is 4.64. The fraction of sp³-hybridized carbons (Fsp3) is 0.200. The molecule has 108 valence electrons. The summed E-state index contributed by atoms with van der Waals surface area (Å²) < 4.78 is 28.5. The maximum Gasteiger partial charge on any atom is 0.387 e. The number of benzene rings is 1. The van der Waals surface area contributed by atoms with Crippen LogP contribution < -0.4 is 4.74 Å². The van der Waals surface area contributed by atoms with E-state index in [4.69, 9.17) is 5.11 Å². The Hall–Kier alpha value is -2.62. The molecule has 1 unspecified atom stereocenters. The van der Waals surface area contributed by atoms with E-state index in [9.17, 15) is 33.6 Å². The van der Waals surface area contributed by atoms with E-state index >= 15 is 0 Å². The topological polar surface area (TPSA) is 127 Å². The van der Waals surface area contributed by atoms with Crippen LogP contribution in [0.15, 0.2) is 12.1 Å². The Balaban J connectivity index is 3.56. The molecular formula is C10H7F2NO7. The van der Waals surface area contributed by atoms with E-state index in [1.165, 1.54) is 0 Å². The molecule has 0 radical (unpaired) electrons. The lowest BCUT2D eigenvalue weighted by Gasteiger charge is -2.14. The maximum atomic E-state index is 12.3. The van der Waals surface area contributed by atoms with Crippen molar-refractivity contribution in [2.75, 3.05) is 0 Å². The minimum atomic E-state index is -3.46. The van der Waals surface area contributed by atoms with Gasteiger partial charge < -0.3 is 14.9 Å².